The largest absolute Gasteiger partial charge is 0.493 e. The molecule has 1 aliphatic rings. The summed E-state index contributed by atoms with van der Waals surface area (Å²) in [5, 5.41) is 9.43. The summed E-state index contributed by atoms with van der Waals surface area (Å²) in [5.41, 5.74) is 4.16. The van der Waals surface area contributed by atoms with Crippen molar-refractivity contribution in [3.63, 3.8) is 0 Å². The Bertz CT molecular complexity index is 667. The van der Waals surface area contributed by atoms with E-state index < -0.39 is 0 Å². The Morgan fingerprint density at radius 3 is 2.90 bits per heavy atom. The molecule has 0 spiro atoms. The molecule has 0 fully saturated rings. The Kier molecular flexibility index (Phi) is 4.17. The van der Waals surface area contributed by atoms with E-state index in [4.69, 9.17) is 9.47 Å². The van der Waals surface area contributed by atoms with Crippen molar-refractivity contribution >= 4 is 15.9 Å². The smallest absolute Gasteiger partial charge is 0.129 e. The van der Waals surface area contributed by atoms with E-state index in [0.29, 0.717) is 6.61 Å². The van der Waals surface area contributed by atoms with E-state index in [1.807, 2.05) is 31.2 Å². The van der Waals surface area contributed by atoms with Crippen LogP contribution in [0.2, 0.25) is 0 Å². The summed E-state index contributed by atoms with van der Waals surface area (Å²) in [6.45, 7) is 3.13. The Morgan fingerprint density at radius 1 is 1.24 bits per heavy atom. The minimum atomic E-state index is -0.0237. The zero-order chi connectivity index (χ0) is 14.8. The van der Waals surface area contributed by atoms with Crippen LogP contribution in [0.1, 0.15) is 22.3 Å². The Labute approximate surface area is 132 Å². The molecule has 2 aromatic rings. The SMILES string of the molecule is Cc1ccc(OCc2cc(Br)cc3c2OCC3)c(CO)c1. The van der Waals surface area contributed by atoms with Crippen LogP contribution in [0.4, 0.5) is 0 Å². The average molecular weight is 349 g/mol. The van der Waals surface area contributed by atoms with Crippen LogP contribution in [0.25, 0.3) is 0 Å². The van der Waals surface area contributed by atoms with Gasteiger partial charge in [0.05, 0.1) is 13.2 Å². The van der Waals surface area contributed by atoms with Crippen LogP contribution in [0.15, 0.2) is 34.8 Å². The van der Waals surface area contributed by atoms with Crippen molar-refractivity contribution in [3.05, 3.63) is 57.1 Å². The number of rotatable bonds is 4. The minimum absolute atomic E-state index is 0.0237. The number of aliphatic hydroxyl groups is 1. The first-order valence-corrected chi connectivity index (χ1v) is 7.74. The molecule has 0 amide bonds. The van der Waals surface area contributed by atoms with Crippen molar-refractivity contribution < 1.29 is 14.6 Å². The average Bonchev–Trinajstić information content (AvgIpc) is 2.93. The number of halogens is 1. The van der Waals surface area contributed by atoms with Gasteiger partial charge in [-0.05, 0) is 30.7 Å². The van der Waals surface area contributed by atoms with E-state index in [1.165, 1.54) is 5.56 Å². The van der Waals surface area contributed by atoms with Gasteiger partial charge in [-0.3, -0.25) is 0 Å². The van der Waals surface area contributed by atoms with Crippen LogP contribution in [0.5, 0.6) is 11.5 Å². The lowest BCUT2D eigenvalue weighted by molar-refractivity contribution is 0.256. The number of ether oxygens (including phenoxy) is 2. The molecule has 0 saturated heterocycles. The van der Waals surface area contributed by atoms with Crippen molar-refractivity contribution in [2.75, 3.05) is 6.61 Å². The monoisotopic (exact) mass is 348 g/mol. The van der Waals surface area contributed by atoms with Gasteiger partial charge in [0.1, 0.15) is 18.1 Å². The molecule has 0 saturated carbocycles. The lowest BCUT2D eigenvalue weighted by Crippen LogP contribution is -2.01. The molecule has 21 heavy (non-hydrogen) atoms. The van der Waals surface area contributed by atoms with Gasteiger partial charge in [0, 0.05) is 22.0 Å². The van der Waals surface area contributed by atoms with E-state index in [9.17, 15) is 5.11 Å². The summed E-state index contributed by atoms with van der Waals surface area (Å²) in [6.07, 6.45) is 0.939. The third kappa shape index (κ3) is 3.06. The zero-order valence-electron chi connectivity index (χ0n) is 11.9. The van der Waals surface area contributed by atoms with E-state index in [-0.39, 0.29) is 6.61 Å². The number of fused-ring (bicyclic) bond motifs is 1. The molecule has 1 N–H and O–H groups in total. The number of hydrogen-bond donors (Lipinski definition) is 1. The van der Waals surface area contributed by atoms with Crippen LogP contribution in [-0.4, -0.2) is 11.7 Å². The maximum Gasteiger partial charge on any atom is 0.129 e. The second kappa shape index (κ2) is 6.08. The lowest BCUT2D eigenvalue weighted by Gasteiger charge is -2.13. The van der Waals surface area contributed by atoms with Gasteiger partial charge < -0.3 is 14.6 Å². The highest BCUT2D eigenvalue weighted by molar-refractivity contribution is 9.10. The fourth-order valence-electron chi connectivity index (χ4n) is 2.58. The number of hydrogen-bond acceptors (Lipinski definition) is 3. The zero-order valence-corrected chi connectivity index (χ0v) is 13.4. The Hall–Kier alpha value is -1.52. The minimum Gasteiger partial charge on any atom is -0.493 e. The number of aryl methyl sites for hydroxylation is 1. The second-order valence-electron chi connectivity index (χ2n) is 5.21. The van der Waals surface area contributed by atoms with E-state index in [0.717, 1.165) is 45.7 Å². The molecular formula is C17H17BrO3. The highest BCUT2D eigenvalue weighted by Crippen LogP contribution is 2.34. The molecule has 0 bridgehead atoms. The van der Waals surface area contributed by atoms with Gasteiger partial charge in [-0.25, -0.2) is 0 Å². The molecule has 0 atom stereocenters. The second-order valence-corrected chi connectivity index (χ2v) is 6.13. The van der Waals surface area contributed by atoms with Crippen molar-refractivity contribution in [1.29, 1.82) is 0 Å². The van der Waals surface area contributed by atoms with Crippen LogP contribution < -0.4 is 9.47 Å². The highest BCUT2D eigenvalue weighted by atomic mass is 79.9. The van der Waals surface area contributed by atoms with Crippen LogP contribution in [0, 0.1) is 6.92 Å². The van der Waals surface area contributed by atoms with Crippen molar-refractivity contribution in [2.24, 2.45) is 0 Å². The first-order valence-electron chi connectivity index (χ1n) is 6.94. The maximum absolute atomic E-state index is 9.43. The topological polar surface area (TPSA) is 38.7 Å². The molecule has 1 heterocycles. The van der Waals surface area contributed by atoms with Crippen molar-refractivity contribution in [3.8, 4) is 11.5 Å². The van der Waals surface area contributed by atoms with E-state index >= 15 is 0 Å². The fraction of sp³-hybridized carbons (Fsp3) is 0.294. The molecule has 0 aromatic heterocycles. The van der Waals surface area contributed by atoms with Crippen LogP contribution in [0.3, 0.4) is 0 Å². The van der Waals surface area contributed by atoms with E-state index in [1.54, 1.807) is 0 Å². The maximum atomic E-state index is 9.43. The molecule has 4 heteroatoms. The lowest BCUT2D eigenvalue weighted by atomic mass is 10.1. The summed E-state index contributed by atoms with van der Waals surface area (Å²) in [4.78, 5) is 0. The summed E-state index contributed by atoms with van der Waals surface area (Å²) < 4.78 is 12.6. The van der Waals surface area contributed by atoms with E-state index in [2.05, 4.69) is 22.0 Å². The van der Waals surface area contributed by atoms with Crippen LogP contribution >= 0.6 is 15.9 Å². The van der Waals surface area contributed by atoms with Gasteiger partial charge in [-0.15, -0.1) is 0 Å². The quantitative estimate of drug-likeness (QED) is 0.913. The number of benzene rings is 2. The standard InChI is InChI=1S/C17H17BrO3/c1-11-2-3-16(13(6-11)9-19)21-10-14-8-15(18)7-12-4-5-20-17(12)14/h2-3,6-8,19H,4-5,9-10H2,1H3. The summed E-state index contributed by atoms with van der Waals surface area (Å²) in [5.74, 6) is 1.66. The van der Waals surface area contributed by atoms with Gasteiger partial charge in [0.15, 0.2) is 0 Å². The first kappa shape index (κ1) is 14.4. The normalized spacial score (nSPS) is 12.9. The molecule has 0 radical (unpaired) electrons. The van der Waals surface area contributed by atoms with Gasteiger partial charge in [-0.1, -0.05) is 33.6 Å². The predicted molar refractivity (Wildman–Crippen MR) is 84.8 cm³/mol. The molecule has 3 rings (SSSR count). The van der Waals surface area contributed by atoms with Gasteiger partial charge in [0.2, 0.25) is 0 Å². The Balaban J connectivity index is 1.83. The van der Waals surface area contributed by atoms with Crippen molar-refractivity contribution in [1.82, 2.24) is 0 Å². The highest BCUT2D eigenvalue weighted by Gasteiger charge is 2.18. The molecule has 0 aliphatic carbocycles. The molecule has 3 nitrogen and oxygen atoms in total. The fourth-order valence-corrected chi connectivity index (χ4v) is 3.13. The van der Waals surface area contributed by atoms with Crippen LogP contribution in [-0.2, 0) is 19.6 Å². The van der Waals surface area contributed by atoms with Gasteiger partial charge in [0.25, 0.3) is 0 Å². The summed E-state index contributed by atoms with van der Waals surface area (Å²) in [6, 6.07) is 9.95. The molecule has 0 unspecified atom stereocenters. The molecule has 110 valence electrons. The summed E-state index contributed by atoms with van der Waals surface area (Å²) >= 11 is 3.53. The first-order chi connectivity index (χ1) is 10.2. The Morgan fingerprint density at radius 2 is 2.10 bits per heavy atom. The van der Waals surface area contributed by atoms with Gasteiger partial charge >= 0.3 is 0 Å². The van der Waals surface area contributed by atoms with Gasteiger partial charge in [-0.2, -0.15) is 0 Å². The molecule has 1 aliphatic heterocycles. The predicted octanol–water partition coefficient (Wildman–Crippen LogP) is 3.76. The van der Waals surface area contributed by atoms with Crippen molar-refractivity contribution in [2.45, 2.75) is 26.6 Å². The molecule has 2 aromatic carbocycles. The summed E-state index contributed by atoms with van der Waals surface area (Å²) in [7, 11) is 0. The third-order valence-electron chi connectivity index (χ3n) is 3.59. The molecular weight excluding hydrogens is 332 g/mol. The number of aliphatic hydroxyl groups excluding tert-OH is 1. The third-order valence-corrected chi connectivity index (χ3v) is 4.05.